The van der Waals surface area contributed by atoms with Crippen molar-refractivity contribution in [2.75, 3.05) is 13.7 Å². The largest absolute Gasteiger partial charge is 0.496 e. The summed E-state index contributed by atoms with van der Waals surface area (Å²) in [6, 6.07) is 4.17. The zero-order chi connectivity index (χ0) is 21.4. The minimum absolute atomic E-state index is 0.0433. The number of hydrogen-bond acceptors (Lipinski definition) is 5. The first-order valence-electron chi connectivity index (χ1n) is 9.66. The molecule has 7 heteroatoms. The molecule has 3 N–H and O–H groups in total. The predicted molar refractivity (Wildman–Crippen MR) is 123 cm³/mol. The van der Waals surface area contributed by atoms with Crippen molar-refractivity contribution in [3.8, 4) is 5.75 Å². The molecule has 0 aliphatic carbocycles. The molecule has 0 aromatic heterocycles. The van der Waals surface area contributed by atoms with Crippen LogP contribution in [-0.2, 0) is 14.3 Å². The SMILES string of the molecule is CCOC(=O)CC(CC(=O)C([NH3+])SI)c1cc(C(C)C)c(OC)c(C(C)C)c1. The molecule has 158 valence electrons. The Morgan fingerprint density at radius 2 is 1.64 bits per heavy atom. The Bertz CT molecular complexity index is 649. The monoisotopic (exact) mass is 522 g/mol. The molecule has 0 fully saturated rings. The van der Waals surface area contributed by atoms with E-state index in [1.54, 1.807) is 14.0 Å². The minimum atomic E-state index is -0.349. The van der Waals surface area contributed by atoms with E-state index in [4.69, 9.17) is 9.47 Å². The van der Waals surface area contributed by atoms with Crippen LogP contribution in [0.4, 0.5) is 0 Å². The third-order valence-electron chi connectivity index (χ3n) is 4.72. The molecule has 0 heterocycles. The smallest absolute Gasteiger partial charge is 0.306 e. The van der Waals surface area contributed by atoms with Crippen LogP contribution in [0.25, 0.3) is 0 Å². The van der Waals surface area contributed by atoms with Gasteiger partial charge in [-0.15, -0.1) is 0 Å². The van der Waals surface area contributed by atoms with Crippen LogP contribution in [0.5, 0.6) is 5.75 Å². The molecule has 0 amide bonds. The van der Waals surface area contributed by atoms with Gasteiger partial charge in [0.2, 0.25) is 5.78 Å². The number of quaternary nitrogens is 1. The topological polar surface area (TPSA) is 80.2 Å². The summed E-state index contributed by atoms with van der Waals surface area (Å²) in [6.07, 6.45) is 0.448. The Morgan fingerprint density at radius 3 is 2.04 bits per heavy atom. The number of carbonyl (C=O) groups is 2. The van der Waals surface area contributed by atoms with E-state index in [2.05, 4.69) is 66.8 Å². The van der Waals surface area contributed by atoms with Gasteiger partial charge in [0.1, 0.15) is 5.75 Å². The van der Waals surface area contributed by atoms with Gasteiger partial charge in [0.15, 0.2) is 5.37 Å². The second-order valence-corrected chi connectivity index (χ2v) is 9.77. The van der Waals surface area contributed by atoms with Crippen LogP contribution in [-0.4, -0.2) is 30.8 Å². The number of Topliss-reactive ketones (excluding diaryl/α,β-unsaturated/α-hetero) is 1. The van der Waals surface area contributed by atoms with E-state index in [0.29, 0.717) is 6.61 Å². The maximum Gasteiger partial charge on any atom is 0.306 e. The Balaban J connectivity index is 3.44. The molecule has 0 saturated heterocycles. The fraction of sp³-hybridized carbons (Fsp3) is 0.619. The van der Waals surface area contributed by atoms with Gasteiger partial charge in [0, 0.05) is 33.5 Å². The third kappa shape index (κ3) is 6.91. The van der Waals surface area contributed by atoms with E-state index >= 15 is 0 Å². The minimum Gasteiger partial charge on any atom is -0.496 e. The molecular weight excluding hydrogens is 489 g/mol. The van der Waals surface area contributed by atoms with E-state index in [-0.39, 0.29) is 47.7 Å². The molecule has 0 aliphatic heterocycles. The number of methoxy groups -OCH3 is 1. The number of ether oxygens (including phenoxy) is 2. The molecule has 0 spiro atoms. The van der Waals surface area contributed by atoms with Gasteiger partial charge in [-0.3, -0.25) is 9.59 Å². The van der Waals surface area contributed by atoms with Crippen molar-refractivity contribution in [2.45, 2.75) is 70.6 Å². The first-order chi connectivity index (χ1) is 13.2. The summed E-state index contributed by atoms with van der Waals surface area (Å²) in [4.78, 5) is 24.8. The van der Waals surface area contributed by atoms with Gasteiger partial charge in [-0.1, -0.05) is 39.8 Å². The summed E-state index contributed by atoms with van der Waals surface area (Å²) >= 11 is 2.09. The first kappa shape index (κ1) is 25.2. The number of halogens is 1. The fourth-order valence-electron chi connectivity index (χ4n) is 3.18. The lowest BCUT2D eigenvalue weighted by molar-refractivity contribution is -0.371. The average Bonchev–Trinajstić information content (AvgIpc) is 2.65. The van der Waals surface area contributed by atoms with Gasteiger partial charge < -0.3 is 15.2 Å². The quantitative estimate of drug-likeness (QED) is 0.261. The molecule has 28 heavy (non-hydrogen) atoms. The summed E-state index contributed by atoms with van der Waals surface area (Å²) in [7, 11) is 3.09. The lowest BCUT2D eigenvalue weighted by atomic mass is 9.84. The van der Waals surface area contributed by atoms with Crippen molar-refractivity contribution in [3.05, 3.63) is 28.8 Å². The highest BCUT2D eigenvalue weighted by Gasteiger charge is 2.27. The van der Waals surface area contributed by atoms with Crippen LogP contribution in [0.15, 0.2) is 12.1 Å². The van der Waals surface area contributed by atoms with Gasteiger partial charge in [0.05, 0.1) is 20.1 Å². The van der Waals surface area contributed by atoms with Crippen LogP contribution in [0, 0.1) is 0 Å². The van der Waals surface area contributed by atoms with Gasteiger partial charge in [0.25, 0.3) is 0 Å². The van der Waals surface area contributed by atoms with E-state index in [9.17, 15) is 9.59 Å². The van der Waals surface area contributed by atoms with E-state index < -0.39 is 0 Å². The molecule has 0 radical (unpaired) electrons. The predicted octanol–water partition coefficient (Wildman–Crippen LogP) is 4.59. The number of esters is 1. The molecule has 0 bridgehead atoms. The molecule has 5 nitrogen and oxygen atoms in total. The maximum absolute atomic E-state index is 12.6. The number of ketones is 1. The van der Waals surface area contributed by atoms with Gasteiger partial charge in [-0.2, -0.15) is 0 Å². The molecular formula is C21H33INO4S+. The van der Waals surface area contributed by atoms with Crippen molar-refractivity contribution < 1.29 is 24.8 Å². The first-order valence-corrected chi connectivity index (χ1v) is 13.1. The number of carbonyl (C=O) groups excluding carboxylic acids is 2. The Morgan fingerprint density at radius 1 is 1.11 bits per heavy atom. The van der Waals surface area contributed by atoms with E-state index in [0.717, 1.165) is 22.4 Å². The lowest BCUT2D eigenvalue weighted by Crippen LogP contribution is -2.62. The second kappa shape index (κ2) is 12.0. The Labute approximate surface area is 185 Å². The second-order valence-electron chi connectivity index (χ2n) is 7.50. The number of hydrogen-bond donors (Lipinski definition) is 1. The zero-order valence-corrected chi connectivity index (χ0v) is 20.7. The van der Waals surface area contributed by atoms with Crippen LogP contribution in [0.1, 0.15) is 81.9 Å². The van der Waals surface area contributed by atoms with Gasteiger partial charge in [-0.05, 0) is 44.4 Å². The molecule has 2 atom stereocenters. The number of rotatable bonds is 11. The highest BCUT2D eigenvalue weighted by atomic mass is 127. The van der Waals surface area contributed by atoms with Crippen molar-refractivity contribution in [2.24, 2.45) is 0 Å². The average molecular weight is 522 g/mol. The molecule has 2 unspecified atom stereocenters. The summed E-state index contributed by atoms with van der Waals surface area (Å²) < 4.78 is 10.9. The molecule has 0 saturated carbocycles. The zero-order valence-electron chi connectivity index (χ0n) is 17.7. The highest BCUT2D eigenvalue weighted by molar-refractivity contribution is 14.2. The molecule has 1 aromatic carbocycles. The van der Waals surface area contributed by atoms with Crippen molar-refractivity contribution in [1.29, 1.82) is 0 Å². The fourth-order valence-corrected chi connectivity index (χ4v) is 4.23. The highest BCUT2D eigenvalue weighted by Crippen LogP contribution is 2.39. The summed E-state index contributed by atoms with van der Waals surface area (Å²) in [5.41, 5.74) is 7.09. The summed E-state index contributed by atoms with van der Waals surface area (Å²) in [6.45, 7) is 10.6. The van der Waals surface area contributed by atoms with Crippen LogP contribution < -0.4 is 10.5 Å². The van der Waals surface area contributed by atoms with Gasteiger partial charge in [-0.25, -0.2) is 0 Å². The molecule has 0 aliphatic rings. The third-order valence-corrected chi connectivity index (χ3v) is 7.04. The van der Waals surface area contributed by atoms with Crippen LogP contribution >= 0.6 is 30.1 Å². The van der Waals surface area contributed by atoms with E-state index in [1.165, 1.54) is 8.93 Å². The Kier molecular flexibility index (Phi) is 10.8. The normalized spacial score (nSPS) is 13.5. The standard InChI is InChI=1S/C21H32INO4S/c1-7-27-19(25)11-15(10-18(24)21(23)28-22)14-8-16(12(2)3)20(26-6)17(9-14)13(4)5/h8-9,12-13,15,21H,7,10-11,23H2,1-6H3/p+1. The summed E-state index contributed by atoms with van der Waals surface area (Å²) in [5.74, 6) is 0.944. The van der Waals surface area contributed by atoms with Crippen molar-refractivity contribution in [1.82, 2.24) is 0 Å². The lowest BCUT2D eigenvalue weighted by Gasteiger charge is -2.24. The van der Waals surface area contributed by atoms with Crippen molar-refractivity contribution in [3.63, 3.8) is 0 Å². The summed E-state index contributed by atoms with van der Waals surface area (Å²) in [5, 5.41) is -0.349. The maximum atomic E-state index is 12.6. The van der Waals surface area contributed by atoms with E-state index in [1.807, 2.05) is 0 Å². The molecule has 1 aromatic rings. The number of benzene rings is 1. The Hall–Kier alpha value is -0.800. The van der Waals surface area contributed by atoms with Crippen LogP contribution in [0.3, 0.4) is 0 Å². The molecule has 1 rings (SSSR count). The van der Waals surface area contributed by atoms with Crippen molar-refractivity contribution >= 4 is 41.9 Å². The van der Waals surface area contributed by atoms with Gasteiger partial charge >= 0.3 is 5.97 Å². The van der Waals surface area contributed by atoms with Crippen LogP contribution in [0.2, 0.25) is 0 Å².